The van der Waals surface area contributed by atoms with Crippen molar-refractivity contribution in [2.75, 3.05) is 0 Å². The maximum Gasteiger partial charge on any atom is 0.144 e. The summed E-state index contributed by atoms with van der Waals surface area (Å²) in [4.78, 5) is 0. The number of hydrogen-bond acceptors (Lipinski definition) is 3. The summed E-state index contributed by atoms with van der Waals surface area (Å²) >= 11 is 6.47. The lowest BCUT2D eigenvalue weighted by atomic mass is 10.1. The first-order chi connectivity index (χ1) is 12.8. The summed E-state index contributed by atoms with van der Waals surface area (Å²) in [7, 11) is 0. The van der Waals surface area contributed by atoms with E-state index in [9.17, 15) is 0 Å². The summed E-state index contributed by atoms with van der Waals surface area (Å²) in [6.45, 7) is 0. The van der Waals surface area contributed by atoms with Crippen LogP contribution in [0.1, 0.15) is 0 Å². The molecule has 4 aromatic rings. The molecule has 1 unspecified atom stereocenters. The topological polar surface area (TPSA) is 18.5 Å². The molecular weight excluding hydrogens is 359 g/mol. The van der Waals surface area contributed by atoms with Gasteiger partial charge in [-0.05, 0) is 35.7 Å². The van der Waals surface area contributed by atoms with Crippen molar-refractivity contribution in [3.63, 3.8) is 0 Å². The van der Waals surface area contributed by atoms with Crippen LogP contribution in [-0.2, 0) is 11.8 Å². The molecule has 124 valence electrons. The zero-order valence-corrected chi connectivity index (χ0v) is 15.4. The van der Waals surface area contributed by atoms with E-state index >= 15 is 0 Å². The second kappa shape index (κ2) is 4.97. The van der Waals surface area contributed by atoms with Gasteiger partial charge in [-0.3, -0.25) is 0 Å². The molecule has 0 saturated carbocycles. The fraction of sp³-hybridized carbons (Fsp3) is 0. The Balaban J connectivity index is 1.80. The van der Waals surface area contributed by atoms with Gasteiger partial charge < -0.3 is 9.47 Å². The zero-order chi connectivity index (χ0) is 17.3. The van der Waals surface area contributed by atoms with Crippen LogP contribution < -0.4 is 25.4 Å². The third-order valence-corrected chi connectivity index (χ3v) is 9.99. The number of fused-ring (bicyclic) bond motifs is 6. The molecule has 0 N–H and O–H groups in total. The van der Waals surface area contributed by atoms with E-state index < -0.39 is 6.04 Å². The first-order valence-electron chi connectivity index (χ1n) is 8.48. The van der Waals surface area contributed by atoms with Gasteiger partial charge in [0, 0.05) is 16.0 Å². The maximum atomic E-state index is 6.47. The number of rotatable bonds is 0. The van der Waals surface area contributed by atoms with Crippen LogP contribution in [-0.4, -0.2) is 0 Å². The highest BCUT2D eigenvalue weighted by atomic mass is 32.4. The molecule has 0 bridgehead atoms. The molecule has 6 rings (SSSR count). The van der Waals surface area contributed by atoms with E-state index in [4.69, 9.17) is 21.3 Å². The van der Waals surface area contributed by atoms with Crippen molar-refractivity contribution in [1.29, 1.82) is 0 Å². The van der Waals surface area contributed by atoms with Crippen molar-refractivity contribution < 1.29 is 9.47 Å². The SMILES string of the molecule is S=P12c3ccccc3Oc3cccc(c31)Oc1c2ccc2ccccc12. The van der Waals surface area contributed by atoms with Crippen LogP contribution >= 0.6 is 6.04 Å². The standard InChI is InChI=1S/C22H13O2PS/c26-25-19-11-4-3-8-16(19)23-17-9-5-10-18(22(17)25)24-21-15-7-2-1-6-14(15)12-13-20(21)25/h1-13H. The van der Waals surface area contributed by atoms with Crippen LogP contribution in [0.15, 0.2) is 78.9 Å². The molecule has 0 radical (unpaired) electrons. The van der Waals surface area contributed by atoms with Gasteiger partial charge in [0.05, 0.1) is 11.3 Å². The van der Waals surface area contributed by atoms with Crippen LogP contribution in [0.5, 0.6) is 23.0 Å². The van der Waals surface area contributed by atoms with Crippen molar-refractivity contribution in [3.8, 4) is 23.0 Å². The Kier molecular flexibility index (Phi) is 2.78. The highest BCUT2D eigenvalue weighted by Gasteiger charge is 2.42. The van der Waals surface area contributed by atoms with Crippen molar-refractivity contribution in [2.24, 2.45) is 0 Å². The fourth-order valence-electron chi connectivity index (χ4n) is 3.97. The quantitative estimate of drug-likeness (QED) is 0.357. The Bertz CT molecular complexity index is 1280. The number of ether oxygens (including phenoxy) is 2. The lowest BCUT2D eigenvalue weighted by Gasteiger charge is -2.37. The molecule has 2 heterocycles. The van der Waals surface area contributed by atoms with E-state index in [0.717, 1.165) is 49.7 Å². The number of hydrogen-bond donors (Lipinski definition) is 0. The summed E-state index contributed by atoms with van der Waals surface area (Å²) in [5.41, 5.74) is 0. The molecular formula is C22H13O2PS. The molecule has 0 fully saturated rings. The lowest BCUT2D eigenvalue weighted by Crippen LogP contribution is -2.34. The average Bonchev–Trinajstić information content (AvgIpc) is 2.68. The van der Waals surface area contributed by atoms with E-state index in [1.807, 2.05) is 48.5 Å². The molecule has 26 heavy (non-hydrogen) atoms. The van der Waals surface area contributed by atoms with Crippen molar-refractivity contribution in [2.45, 2.75) is 0 Å². The fourth-order valence-corrected chi connectivity index (χ4v) is 8.46. The first-order valence-corrected chi connectivity index (χ1v) is 11.3. The molecule has 2 aliphatic heterocycles. The lowest BCUT2D eigenvalue weighted by molar-refractivity contribution is 0.469. The average molecular weight is 372 g/mol. The predicted molar refractivity (Wildman–Crippen MR) is 110 cm³/mol. The molecule has 4 heteroatoms. The number of benzene rings is 4. The second-order valence-electron chi connectivity index (χ2n) is 6.52. The first kappa shape index (κ1) is 14.5. The van der Waals surface area contributed by atoms with E-state index in [1.165, 1.54) is 0 Å². The third kappa shape index (κ3) is 1.70. The van der Waals surface area contributed by atoms with Crippen LogP contribution in [0.4, 0.5) is 0 Å². The molecule has 0 aliphatic carbocycles. The number of para-hydroxylation sites is 1. The van der Waals surface area contributed by atoms with Crippen molar-refractivity contribution in [1.82, 2.24) is 0 Å². The molecule has 0 amide bonds. The van der Waals surface area contributed by atoms with Crippen LogP contribution in [0, 0.1) is 0 Å². The highest BCUT2D eigenvalue weighted by Crippen LogP contribution is 2.59. The van der Waals surface area contributed by atoms with Crippen LogP contribution in [0.3, 0.4) is 0 Å². The Labute approximate surface area is 156 Å². The van der Waals surface area contributed by atoms with E-state index in [0.29, 0.717) is 0 Å². The summed E-state index contributed by atoms with van der Waals surface area (Å²) in [6.07, 6.45) is 0. The predicted octanol–water partition coefficient (Wildman–Crippen LogP) is 4.81. The molecule has 0 saturated heterocycles. The van der Waals surface area contributed by atoms with Gasteiger partial charge in [0.2, 0.25) is 0 Å². The Hall–Kier alpha value is -2.61. The minimum atomic E-state index is -2.24. The van der Waals surface area contributed by atoms with Crippen molar-refractivity contribution >= 4 is 44.5 Å². The normalized spacial score (nSPS) is 18.9. The van der Waals surface area contributed by atoms with E-state index in [1.54, 1.807) is 0 Å². The Morgan fingerprint density at radius 3 is 2.27 bits per heavy atom. The van der Waals surface area contributed by atoms with Gasteiger partial charge in [0.1, 0.15) is 23.0 Å². The molecule has 0 aromatic heterocycles. The molecule has 0 spiro atoms. The Morgan fingerprint density at radius 1 is 0.615 bits per heavy atom. The monoisotopic (exact) mass is 372 g/mol. The van der Waals surface area contributed by atoms with Gasteiger partial charge in [-0.15, -0.1) is 0 Å². The summed E-state index contributed by atoms with van der Waals surface area (Å²) in [5, 5.41) is 5.52. The maximum absolute atomic E-state index is 6.47. The van der Waals surface area contributed by atoms with Crippen LogP contribution in [0.2, 0.25) is 0 Å². The largest absolute Gasteiger partial charge is 0.456 e. The molecule has 2 nitrogen and oxygen atoms in total. The van der Waals surface area contributed by atoms with Gasteiger partial charge in [-0.2, -0.15) is 0 Å². The minimum absolute atomic E-state index is 0.823. The van der Waals surface area contributed by atoms with Crippen LogP contribution in [0.25, 0.3) is 10.8 Å². The second-order valence-corrected chi connectivity index (χ2v) is 10.8. The summed E-state index contributed by atoms with van der Waals surface area (Å²) < 4.78 is 12.6. The summed E-state index contributed by atoms with van der Waals surface area (Å²) in [6, 6.07) is 24.5. The van der Waals surface area contributed by atoms with Gasteiger partial charge in [0.15, 0.2) is 0 Å². The smallest absolute Gasteiger partial charge is 0.144 e. The van der Waals surface area contributed by atoms with Crippen molar-refractivity contribution in [3.05, 3.63) is 78.9 Å². The molecule has 1 atom stereocenters. The van der Waals surface area contributed by atoms with E-state index in [-0.39, 0.29) is 0 Å². The minimum Gasteiger partial charge on any atom is -0.456 e. The summed E-state index contributed by atoms with van der Waals surface area (Å²) in [5.74, 6) is 3.40. The third-order valence-electron chi connectivity index (χ3n) is 5.11. The van der Waals surface area contributed by atoms with Gasteiger partial charge in [-0.1, -0.05) is 60.3 Å². The van der Waals surface area contributed by atoms with Gasteiger partial charge in [-0.25, -0.2) is 0 Å². The molecule has 4 aromatic carbocycles. The highest BCUT2D eigenvalue weighted by molar-refractivity contribution is 8.26. The Morgan fingerprint density at radius 2 is 1.35 bits per heavy atom. The van der Waals surface area contributed by atoms with Gasteiger partial charge in [0.25, 0.3) is 0 Å². The van der Waals surface area contributed by atoms with Gasteiger partial charge >= 0.3 is 0 Å². The molecule has 2 aliphatic rings. The van der Waals surface area contributed by atoms with E-state index in [2.05, 4.69) is 30.3 Å². The zero-order valence-electron chi connectivity index (χ0n) is 13.7.